The van der Waals surface area contributed by atoms with E-state index in [1.165, 1.54) is 0 Å². The fourth-order valence-electron chi connectivity index (χ4n) is 1.36. The molecule has 0 heterocycles. The van der Waals surface area contributed by atoms with Gasteiger partial charge >= 0.3 is 105 Å². The topological polar surface area (TPSA) is 80.3 Å². The summed E-state index contributed by atoms with van der Waals surface area (Å²) >= 11 is -11.7. The zero-order valence-corrected chi connectivity index (χ0v) is 20.1. The molecule has 0 N–H and O–H groups in total. The van der Waals surface area contributed by atoms with Crippen LogP contribution in [0.25, 0.3) is 0 Å². The van der Waals surface area contributed by atoms with Crippen LogP contribution >= 0.6 is 0 Å². The molecule has 32 heavy (non-hydrogen) atoms. The van der Waals surface area contributed by atoms with E-state index < -0.39 is 68.2 Å². The minimum atomic E-state index is -8.82. The molecule has 24 heteroatoms. The van der Waals surface area contributed by atoms with Gasteiger partial charge < -0.3 is 9.11 Å². The Morgan fingerprint density at radius 3 is 0.625 bits per heavy atom. The van der Waals surface area contributed by atoms with Crippen molar-refractivity contribution >= 4 is 22.2 Å². The smallest absolute Gasteiger partial charge is 0.768 e. The molecule has 0 aliphatic heterocycles. The molecule has 0 aromatic rings. The molecule has 2 unspecified atom stereocenters. The van der Waals surface area contributed by atoms with Crippen LogP contribution < -0.4 is 59.1 Å². The largest absolute Gasteiger partial charge is 1.00 e. The van der Waals surface area contributed by atoms with Crippen molar-refractivity contribution in [2.45, 2.75) is 46.0 Å². The van der Waals surface area contributed by atoms with Crippen LogP contribution in [-0.2, 0) is 22.2 Å². The Kier molecular flexibility index (Phi) is 12.0. The molecule has 0 amide bonds. The molecule has 0 aliphatic carbocycles. The molecule has 0 fully saturated rings. The van der Waals surface area contributed by atoms with Gasteiger partial charge in [-0.3, -0.25) is 8.42 Å². The summed E-state index contributed by atoms with van der Waals surface area (Å²) in [6.45, 7) is 0. The van der Waals surface area contributed by atoms with Crippen molar-refractivity contribution in [2.24, 2.45) is 0 Å². The van der Waals surface area contributed by atoms with E-state index >= 15 is 0 Å². The summed E-state index contributed by atoms with van der Waals surface area (Å²) in [4.78, 5) is 0. The Morgan fingerprint density at radius 1 is 0.375 bits per heavy atom. The number of alkyl halides is 16. The molecule has 0 aromatic carbocycles. The average Bonchev–Trinajstić information content (AvgIpc) is 2.52. The summed E-state index contributed by atoms with van der Waals surface area (Å²) in [6.07, 6.45) is 0. The van der Waals surface area contributed by atoms with E-state index in [2.05, 4.69) is 0 Å². The maximum Gasteiger partial charge on any atom is 1.00 e. The fraction of sp³-hybridized carbons (Fsp3) is 1.00. The van der Waals surface area contributed by atoms with Gasteiger partial charge in [0.25, 0.3) is 0 Å². The van der Waals surface area contributed by atoms with Crippen LogP contribution in [0.15, 0.2) is 0 Å². The molecule has 0 spiro atoms. The quantitative estimate of drug-likeness (QED) is 0.177. The molecule has 0 radical (unpaired) electrons. The van der Waals surface area contributed by atoms with Crippen molar-refractivity contribution in [3.8, 4) is 0 Å². The van der Waals surface area contributed by atoms with Gasteiger partial charge in [0, 0.05) is 22.2 Å². The van der Waals surface area contributed by atoms with Gasteiger partial charge in [-0.05, 0) is 0 Å². The number of rotatable bonds is 9. The first-order valence-electron chi connectivity index (χ1n) is 5.85. The van der Waals surface area contributed by atoms with Crippen molar-refractivity contribution in [3.63, 3.8) is 0 Å². The Bertz CT molecular complexity index is 669. The fourth-order valence-corrected chi connectivity index (χ4v) is 2.04. The van der Waals surface area contributed by atoms with E-state index in [0.717, 1.165) is 0 Å². The van der Waals surface area contributed by atoms with Gasteiger partial charge in [-0.1, -0.05) is 0 Å². The zero-order valence-electron chi connectivity index (χ0n) is 14.5. The SMILES string of the molecule is O=S([O-])C(F)(F)C(F)(F)C(F)(F)C(F)(F)C(F)(F)C(F)(F)C(F)(F)C(F)(F)S(=O)[O-].[Na+].[Na+]. The third kappa shape index (κ3) is 4.87. The summed E-state index contributed by atoms with van der Waals surface area (Å²) in [7, 11) is 0. The Labute approximate surface area is 214 Å². The van der Waals surface area contributed by atoms with Crippen LogP contribution in [-0.4, -0.2) is 63.6 Å². The first-order valence-corrected chi connectivity index (χ1v) is 8.00. The molecule has 2 atom stereocenters. The summed E-state index contributed by atoms with van der Waals surface area (Å²) in [5, 5.41) is -14.8. The summed E-state index contributed by atoms with van der Waals surface area (Å²) in [6, 6.07) is 0. The number of hydrogen-bond acceptors (Lipinski definition) is 4. The molecule has 0 aromatic heterocycles. The predicted molar refractivity (Wildman–Crippen MR) is 57.4 cm³/mol. The molecular formula is C8F16Na2O4S2. The zero-order chi connectivity index (χ0) is 25.2. The van der Waals surface area contributed by atoms with Crippen molar-refractivity contribution in [1.82, 2.24) is 0 Å². The predicted octanol–water partition coefficient (Wildman–Crippen LogP) is -2.25. The van der Waals surface area contributed by atoms with Gasteiger partial charge in [-0.25, -0.2) is 0 Å². The minimum absolute atomic E-state index is 0. The van der Waals surface area contributed by atoms with E-state index in [0.29, 0.717) is 0 Å². The summed E-state index contributed by atoms with van der Waals surface area (Å²) < 4.78 is 246. The molecule has 4 nitrogen and oxygen atoms in total. The molecular weight excluding hydrogens is 574 g/mol. The number of halogens is 16. The van der Waals surface area contributed by atoms with Crippen LogP contribution in [0.5, 0.6) is 0 Å². The standard InChI is InChI=1S/C8H2F16O4S2.2Na/c9-1(10,3(13,14)5(17,18)7(21,22)29(25)26)2(11,12)4(15,16)6(19,20)8(23,24)30(27)28;;/h(H,25,26)(H,27,28);;/q;2*+1/p-2. The first-order chi connectivity index (χ1) is 12.6. The minimum Gasteiger partial charge on any atom is -0.768 e. The summed E-state index contributed by atoms with van der Waals surface area (Å²) in [5.41, 5.74) is 0. The Hall–Kier alpha value is 1.10. The second-order valence-corrected chi connectivity index (χ2v) is 6.91. The van der Waals surface area contributed by atoms with E-state index in [1.54, 1.807) is 0 Å². The molecule has 0 saturated heterocycles. The van der Waals surface area contributed by atoms with Crippen molar-refractivity contribution in [3.05, 3.63) is 0 Å². The van der Waals surface area contributed by atoms with Gasteiger partial charge in [0.05, 0.1) is 0 Å². The molecule has 0 rings (SSSR count). The third-order valence-corrected chi connectivity index (χ3v) is 4.47. The summed E-state index contributed by atoms with van der Waals surface area (Å²) in [5.74, 6) is -51.4. The van der Waals surface area contributed by atoms with E-state index in [9.17, 15) is 87.8 Å². The van der Waals surface area contributed by atoms with Crippen molar-refractivity contribution in [1.29, 1.82) is 0 Å². The van der Waals surface area contributed by atoms with Crippen molar-refractivity contribution in [2.75, 3.05) is 0 Å². The molecule has 0 saturated carbocycles. The average molecular weight is 574 g/mol. The second kappa shape index (κ2) is 10.2. The van der Waals surface area contributed by atoms with Crippen LogP contribution in [0.2, 0.25) is 0 Å². The van der Waals surface area contributed by atoms with Gasteiger partial charge in [0.1, 0.15) is 0 Å². The molecule has 0 aliphatic rings. The van der Waals surface area contributed by atoms with Crippen molar-refractivity contribution < 1.29 is 147 Å². The molecule has 182 valence electrons. The first kappa shape index (κ1) is 37.6. The monoisotopic (exact) mass is 574 g/mol. The van der Waals surface area contributed by atoms with Crippen LogP contribution in [0.4, 0.5) is 70.2 Å². The number of hydrogen-bond donors (Lipinski definition) is 0. The Morgan fingerprint density at radius 2 is 0.500 bits per heavy atom. The van der Waals surface area contributed by atoms with E-state index in [-0.39, 0.29) is 59.1 Å². The van der Waals surface area contributed by atoms with Gasteiger partial charge in [0.2, 0.25) is 0 Å². The maximum absolute atomic E-state index is 13.2. The Balaban J connectivity index is -0.00000420. The van der Waals surface area contributed by atoms with E-state index in [4.69, 9.17) is 0 Å². The third-order valence-electron chi connectivity index (χ3n) is 3.12. The van der Waals surface area contributed by atoms with E-state index in [1.807, 2.05) is 0 Å². The van der Waals surface area contributed by atoms with Crippen LogP contribution in [0, 0.1) is 0 Å². The van der Waals surface area contributed by atoms with Gasteiger partial charge in [-0.15, -0.1) is 0 Å². The maximum atomic E-state index is 13.2. The van der Waals surface area contributed by atoms with Gasteiger partial charge in [0.15, 0.2) is 0 Å². The second-order valence-electron chi connectivity index (χ2n) is 4.95. The van der Waals surface area contributed by atoms with Crippen LogP contribution in [0.1, 0.15) is 0 Å². The van der Waals surface area contributed by atoms with Crippen LogP contribution in [0.3, 0.4) is 0 Å². The normalized spacial score (nSPS) is 17.2. The van der Waals surface area contributed by atoms with Gasteiger partial charge in [-0.2, -0.15) is 70.2 Å². The molecule has 0 bridgehead atoms.